The molecule has 3 rings (SSSR count). The summed E-state index contributed by atoms with van der Waals surface area (Å²) >= 11 is 6.45. The van der Waals surface area contributed by atoms with Gasteiger partial charge in [-0.3, -0.25) is 4.79 Å². The summed E-state index contributed by atoms with van der Waals surface area (Å²) in [7, 11) is 0. The monoisotopic (exact) mass is 387 g/mol. The number of rotatable bonds is 6. The van der Waals surface area contributed by atoms with Gasteiger partial charge >= 0.3 is 0 Å². The largest absolute Gasteiger partial charge is 0.493 e. The first-order valence-corrected chi connectivity index (χ1v) is 9.82. The smallest absolute Gasteiger partial charge is 0.235 e. The van der Waals surface area contributed by atoms with E-state index in [-0.39, 0.29) is 5.91 Å². The summed E-state index contributed by atoms with van der Waals surface area (Å²) in [5.74, 6) is 0.808. The van der Waals surface area contributed by atoms with Crippen molar-refractivity contribution in [3.63, 3.8) is 0 Å². The van der Waals surface area contributed by atoms with Gasteiger partial charge in [-0.15, -0.1) is 0 Å². The highest BCUT2D eigenvalue weighted by Gasteiger charge is 2.43. The molecule has 0 radical (unpaired) electrons. The average Bonchev–Trinajstić information content (AvgIpc) is 2.68. The van der Waals surface area contributed by atoms with Crippen molar-refractivity contribution in [3.05, 3.63) is 58.6 Å². The van der Waals surface area contributed by atoms with Crippen LogP contribution >= 0.6 is 11.6 Å². The third kappa shape index (κ3) is 4.28. The summed E-state index contributed by atoms with van der Waals surface area (Å²) in [5, 5.41) is 3.71. The van der Waals surface area contributed by atoms with Crippen molar-refractivity contribution in [2.75, 3.05) is 25.1 Å². The molecule has 1 heterocycles. The second kappa shape index (κ2) is 8.77. The van der Waals surface area contributed by atoms with Gasteiger partial charge in [-0.05, 0) is 61.6 Å². The zero-order chi connectivity index (χ0) is 19.3. The van der Waals surface area contributed by atoms with Crippen molar-refractivity contribution in [3.8, 4) is 5.75 Å². The normalized spacial score (nSPS) is 16.0. The molecule has 1 N–H and O–H groups in total. The quantitative estimate of drug-likeness (QED) is 0.747. The molecule has 0 aromatic heterocycles. The molecule has 144 valence electrons. The van der Waals surface area contributed by atoms with Crippen LogP contribution in [0.2, 0.25) is 5.02 Å². The van der Waals surface area contributed by atoms with Gasteiger partial charge in [0.1, 0.15) is 5.75 Å². The van der Waals surface area contributed by atoms with Crippen LogP contribution in [0.3, 0.4) is 0 Å². The number of hydrogen-bond donors (Lipinski definition) is 1. The van der Waals surface area contributed by atoms with E-state index in [1.54, 1.807) is 0 Å². The van der Waals surface area contributed by atoms with Gasteiger partial charge in [0.05, 0.1) is 12.0 Å². The highest BCUT2D eigenvalue weighted by Crippen LogP contribution is 2.39. The van der Waals surface area contributed by atoms with Gasteiger partial charge in [-0.25, -0.2) is 0 Å². The molecule has 2 aromatic rings. The Balaban J connectivity index is 1.86. The highest BCUT2D eigenvalue weighted by atomic mass is 35.5. The molecule has 0 saturated carbocycles. The molecule has 0 bridgehead atoms. The average molecular weight is 388 g/mol. The lowest BCUT2D eigenvalue weighted by Gasteiger charge is -2.36. The Bertz CT molecular complexity index is 800. The van der Waals surface area contributed by atoms with Crippen molar-refractivity contribution >= 4 is 23.2 Å². The molecule has 0 aliphatic carbocycles. The van der Waals surface area contributed by atoms with Gasteiger partial charge in [0.25, 0.3) is 0 Å². The van der Waals surface area contributed by atoms with E-state index in [1.807, 2.05) is 49.4 Å². The number of anilines is 1. The summed E-state index contributed by atoms with van der Waals surface area (Å²) in [6, 6.07) is 13.3. The number of carbonyl (C=O) groups excluding carboxylic acids is 1. The van der Waals surface area contributed by atoms with Gasteiger partial charge in [-0.1, -0.05) is 36.7 Å². The Morgan fingerprint density at radius 1 is 1.22 bits per heavy atom. The second-order valence-electron chi connectivity index (χ2n) is 6.96. The fourth-order valence-corrected chi connectivity index (χ4v) is 3.86. The molecule has 5 heteroatoms. The molecule has 0 unspecified atom stereocenters. The summed E-state index contributed by atoms with van der Waals surface area (Å²) < 4.78 is 11.2. The zero-order valence-corrected chi connectivity index (χ0v) is 16.6. The van der Waals surface area contributed by atoms with Crippen molar-refractivity contribution in [1.82, 2.24) is 0 Å². The first kappa shape index (κ1) is 19.7. The van der Waals surface area contributed by atoms with Crippen LogP contribution in [0.15, 0.2) is 42.5 Å². The van der Waals surface area contributed by atoms with Crippen LogP contribution in [0.5, 0.6) is 5.75 Å². The Morgan fingerprint density at radius 3 is 2.63 bits per heavy atom. The molecule has 1 amide bonds. The van der Waals surface area contributed by atoms with Crippen molar-refractivity contribution < 1.29 is 14.3 Å². The Hall–Kier alpha value is -2.04. The van der Waals surface area contributed by atoms with E-state index in [9.17, 15) is 4.79 Å². The number of amides is 1. The third-order valence-electron chi connectivity index (χ3n) is 5.06. The van der Waals surface area contributed by atoms with Gasteiger partial charge in [0.15, 0.2) is 0 Å². The third-order valence-corrected chi connectivity index (χ3v) is 5.39. The summed E-state index contributed by atoms with van der Waals surface area (Å²) in [5.41, 5.74) is 1.95. The predicted molar refractivity (Wildman–Crippen MR) is 109 cm³/mol. The lowest BCUT2D eigenvalue weighted by atomic mass is 9.73. The molecule has 1 fully saturated rings. The topological polar surface area (TPSA) is 47.6 Å². The van der Waals surface area contributed by atoms with Crippen molar-refractivity contribution in [2.45, 2.75) is 38.5 Å². The molecule has 27 heavy (non-hydrogen) atoms. The van der Waals surface area contributed by atoms with E-state index in [2.05, 4.69) is 12.2 Å². The molecule has 4 nitrogen and oxygen atoms in total. The standard InChI is InChI=1S/C22H26ClNO3/c1-3-12-27-20-9-8-17(15-16(20)2)24-21(25)22(10-13-26-14-11-22)18-6-4-5-7-19(18)23/h4-9,15H,3,10-14H2,1-2H3,(H,24,25). The van der Waals surface area contributed by atoms with Crippen molar-refractivity contribution in [2.24, 2.45) is 0 Å². The predicted octanol–water partition coefficient (Wildman–Crippen LogP) is 5.12. The molecular formula is C22H26ClNO3. The van der Waals surface area contributed by atoms with Crippen LogP contribution in [-0.4, -0.2) is 25.7 Å². The molecule has 1 aliphatic rings. The maximum atomic E-state index is 13.4. The molecular weight excluding hydrogens is 362 g/mol. The van der Waals surface area contributed by atoms with E-state index in [4.69, 9.17) is 21.1 Å². The van der Waals surface area contributed by atoms with Gasteiger partial charge < -0.3 is 14.8 Å². The zero-order valence-electron chi connectivity index (χ0n) is 15.9. The summed E-state index contributed by atoms with van der Waals surface area (Å²) in [6.07, 6.45) is 2.18. The van der Waals surface area contributed by atoms with Crippen LogP contribution in [0, 0.1) is 6.92 Å². The number of nitrogens with one attached hydrogen (secondary N) is 1. The molecule has 1 saturated heterocycles. The number of benzene rings is 2. The van der Waals surface area contributed by atoms with E-state index in [1.165, 1.54) is 0 Å². The minimum Gasteiger partial charge on any atom is -0.493 e. The van der Waals surface area contributed by atoms with Gasteiger partial charge in [0, 0.05) is 23.9 Å². The van der Waals surface area contributed by atoms with Gasteiger partial charge in [0.2, 0.25) is 5.91 Å². The molecule has 1 aliphatic heterocycles. The summed E-state index contributed by atoms with van der Waals surface area (Å²) in [6.45, 7) is 5.83. The van der Waals surface area contributed by atoms with Crippen LogP contribution in [0.1, 0.15) is 37.3 Å². The second-order valence-corrected chi connectivity index (χ2v) is 7.36. The number of aryl methyl sites for hydroxylation is 1. The highest BCUT2D eigenvalue weighted by molar-refractivity contribution is 6.31. The fourth-order valence-electron chi connectivity index (χ4n) is 3.54. The molecule has 0 spiro atoms. The van der Waals surface area contributed by atoms with E-state index >= 15 is 0 Å². The fraction of sp³-hybridized carbons (Fsp3) is 0.409. The molecule has 0 atom stereocenters. The number of carbonyl (C=O) groups is 1. The minimum absolute atomic E-state index is 0.0412. The SMILES string of the molecule is CCCOc1ccc(NC(=O)C2(c3ccccc3Cl)CCOCC2)cc1C. The minimum atomic E-state index is -0.679. The van der Waals surface area contributed by atoms with Crippen LogP contribution < -0.4 is 10.1 Å². The van der Waals surface area contributed by atoms with Crippen LogP contribution in [-0.2, 0) is 14.9 Å². The van der Waals surface area contributed by atoms with Crippen LogP contribution in [0.4, 0.5) is 5.69 Å². The van der Waals surface area contributed by atoms with E-state index in [0.29, 0.717) is 37.7 Å². The number of halogens is 1. The van der Waals surface area contributed by atoms with Gasteiger partial charge in [-0.2, -0.15) is 0 Å². The lowest BCUT2D eigenvalue weighted by molar-refractivity contribution is -0.125. The first-order valence-electron chi connectivity index (χ1n) is 9.44. The first-order chi connectivity index (χ1) is 13.1. The molecule has 2 aromatic carbocycles. The number of ether oxygens (including phenoxy) is 2. The maximum Gasteiger partial charge on any atom is 0.235 e. The van der Waals surface area contributed by atoms with Crippen LogP contribution in [0.25, 0.3) is 0 Å². The Kier molecular flexibility index (Phi) is 6.40. The summed E-state index contributed by atoms with van der Waals surface area (Å²) in [4.78, 5) is 13.4. The number of hydrogen-bond acceptors (Lipinski definition) is 3. The lowest BCUT2D eigenvalue weighted by Crippen LogP contribution is -2.45. The Labute approximate surface area is 165 Å². The van der Waals surface area contributed by atoms with E-state index < -0.39 is 5.41 Å². The Morgan fingerprint density at radius 2 is 1.96 bits per heavy atom. The maximum absolute atomic E-state index is 13.4. The van der Waals surface area contributed by atoms with E-state index in [0.717, 1.165) is 29.0 Å². The van der Waals surface area contributed by atoms with Crippen molar-refractivity contribution in [1.29, 1.82) is 0 Å².